The van der Waals surface area contributed by atoms with Crippen LogP contribution in [0.15, 0.2) is 52.6 Å². The van der Waals surface area contributed by atoms with E-state index in [1.807, 2.05) is 25.1 Å². The SMILES string of the molecule is COc1ccc(-c2nc(C(=O)OCc3cc(=O)n4c(C)cccc4n3)cs2)cc1OC. The Labute approximate surface area is 181 Å². The molecule has 0 aliphatic rings. The van der Waals surface area contributed by atoms with Crippen LogP contribution in [0.1, 0.15) is 21.9 Å². The van der Waals surface area contributed by atoms with E-state index < -0.39 is 5.97 Å². The van der Waals surface area contributed by atoms with Crippen LogP contribution in [0.3, 0.4) is 0 Å². The number of carbonyl (C=O) groups is 1. The van der Waals surface area contributed by atoms with Gasteiger partial charge in [0.05, 0.1) is 19.9 Å². The van der Waals surface area contributed by atoms with E-state index in [1.165, 1.54) is 21.8 Å². The fourth-order valence-corrected chi connectivity index (χ4v) is 3.91. The predicted molar refractivity (Wildman–Crippen MR) is 116 cm³/mol. The van der Waals surface area contributed by atoms with E-state index >= 15 is 0 Å². The molecule has 3 heterocycles. The Bertz CT molecular complexity index is 1330. The van der Waals surface area contributed by atoms with Crippen molar-refractivity contribution in [2.45, 2.75) is 13.5 Å². The summed E-state index contributed by atoms with van der Waals surface area (Å²) in [6.45, 7) is 1.70. The second-order valence-corrected chi connectivity index (χ2v) is 7.49. The number of thiazole rings is 1. The molecule has 0 aliphatic carbocycles. The van der Waals surface area contributed by atoms with E-state index in [9.17, 15) is 9.59 Å². The van der Waals surface area contributed by atoms with Gasteiger partial charge in [-0.3, -0.25) is 9.20 Å². The van der Waals surface area contributed by atoms with Crippen molar-refractivity contribution >= 4 is 23.0 Å². The quantitative estimate of drug-likeness (QED) is 0.426. The number of rotatable bonds is 6. The molecule has 9 heteroatoms. The molecular weight excluding hydrogens is 418 g/mol. The van der Waals surface area contributed by atoms with Crippen LogP contribution < -0.4 is 15.0 Å². The minimum atomic E-state index is -0.589. The maximum absolute atomic E-state index is 12.5. The van der Waals surface area contributed by atoms with E-state index in [2.05, 4.69) is 9.97 Å². The fraction of sp³-hybridized carbons (Fsp3) is 0.182. The van der Waals surface area contributed by atoms with Gasteiger partial charge >= 0.3 is 5.97 Å². The molecule has 0 unspecified atom stereocenters. The summed E-state index contributed by atoms with van der Waals surface area (Å²) in [5.74, 6) is 0.592. The molecule has 8 nitrogen and oxygen atoms in total. The summed E-state index contributed by atoms with van der Waals surface area (Å²) >= 11 is 1.31. The zero-order valence-electron chi connectivity index (χ0n) is 17.1. The van der Waals surface area contributed by atoms with Crippen molar-refractivity contribution in [2.75, 3.05) is 14.2 Å². The summed E-state index contributed by atoms with van der Waals surface area (Å²) in [6, 6.07) is 12.1. The lowest BCUT2D eigenvalue weighted by atomic mass is 10.2. The van der Waals surface area contributed by atoms with Gasteiger partial charge in [-0.15, -0.1) is 11.3 Å². The minimum Gasteiger partial charge on any atom is -0.493 e. The smallest absolute Gasteiger partial charge is 0.358 e. The second-order valence-electron chi connectivity index (χ2n) is 6.63. The summed E-state index contributed by atoms with van der Waals surface area (Å²) in [5, 5.41) is 2.27. The number of ether oxygens (including phenoxy) is 3. The van der Waals surface area contributed by atoms with Crippen LogP contribution in [0.4, 0.5) is 0 Å². The monoisotopic (exact) mass is 437 g/mol. The topological polar surface area (TPSA) is 92.0 Å². The Morgan fingerprint density at radius 1 is 1.06 bits per heavy atom. The molecule has 0 N–H and O–H groups in total. The van der Waals surface area contributed by atoms with Crippen LogP contribution in [-0.4, -0.2) is 34.6 Å². The lowest BCUT2D eigenvalue weighted by Crippen LogP contribution is -2.18. The van der Waals surface area contributed by atoms with Gasteiger partial charge in [0.2, 0.25) is 0 Å². The number of esters is 1. The highest BCUT2D eigenvalue weighted by Gasteiger charge is 2.16. The number of hydrogen-bond acceptors (Lipinski definition) is 8. The lowest BCUT2D eigenvalue weighted by Gasteiger charge is -2.08. The van der Waals surface area contributed by atoms with E-state index in [-0.39, 0.29) is 17.9 Å². The molecule has 0 spiro atoms. The van der Waals surface area contributed by atoms with Crippen LogP contribution in [0.25, 0.3) is 16.2 Å². The molecule has 3 aromatic heterocycles. The highest BCUT2D eigenvalue weighted by atomic mass is 32.1. The number of pyridine rings is 1. The summed E-state index contributed by atoms with van der Waals surface area (Å²) < 4.78 is 17.4. The van der Waals surface area contributed by atoms with E-state index in [0.29, 0.717) is 27.8 Å². The number of methoxy groups -OCH3 is 2. The molecular formula is C22H19N3O5S. The molecule has 0 bridgehead atoms. The van der Waals surface area contributed by atoms with E-state index in [4.69, 9.17) is 14.2 Å². The molecule has 1 aromatic carbocycles. The Hall–Kier alpha value is -3.72. The van der Waals surface area contributed by atoms with Crippen LogP contribution >= 0.6 is 11.3 Å². The first-order chi connectivity index (χ1) is 15.0. The molecule has 0 amide bonds. The fourth-order valence-electron chi connectivity index (χ4n) is 3.12. The molecule has 0 atom stereocenters. The van der Waals surface area contributed by atoms with Gasteiger partial charge in [-0.25, -0.2) is 14.8 Å². The average molecular weight is 437 g/mol. The Kier molecular flexibility index (Phi) is 5.68. The molecule has 0 saturated heterocycles. The largest absolute Gasteiger partial charge is 0.493 e. The summed E-state index contributed by atoms with van der Waals surface area (Å²) in [4.78, 5) is 33.6. The number of nitrogens with zero attached hydrogens (tertiary/aromatic N) is 3. The minimum absolute atomic E-state index is 0.123. The maximum Gasteiger partial charge on any atom is 0.358 e. The first-order valence-corrected chi connectivity index (χ1v) is 10.2. The van der Waals surface area contributed by atoms with Gasteiger partial charge < -0.3 is 14.2 Å². The number of benzene rings is 1. The van der Waals surface area contributed by atoms with Crippen LogP contribution in [0.2, 0.25) is 0 Å². The zero-order chi connectivity index (χ0) is 22.0. The first-order valence-electron chi connectivity index (χ1n) is 9.33. The van der Waals surface area contributed by atoms with Crippen LogP contribution in [0, 0.1) is 6.92 Å². The second kappa shape index (κ2) is 8.57. The van der Waals surface area contributed by atoms with Gasteiger partial charge in [0, 0.05) is 22.7 Å². The van der Waals surface area contributed by atoms with Crippen molar-refractivity contribution in [3.05, 3.63) is 75.3 Å². The lowest BCUT2D eigenvalue weighted by molar-refractivity contribution is 0.0462. The third-order valence-corrected chi connectivity index (χ3v) is 5.52. The predicted octanol–water partition coefficient (Wildman–Crippen LogP) is 3.50. The first kappa shape index (κ1) is 20.5. The standard InChI is InChI=1S/C22H19N3O5S/c1-13-5-4-6-19-23-15(10-20(26)25(13)19)11-30-22(27)16-12-31-21(24-16)14-7-8-17(28-2)18(9-14)29-3/h4-10,12H,11H2,1-3H3. The summed E-state index contributed by atoms with van der Waals surface area (Å²) in [7, 11) is 3.12. The molecule has 158 valence electrons. The van der Waals surface area contributed by atoms with Crippen molar-refractivity contribution in [1.29, 1.82) is 0 Å². The summed E-state index contributed by atoms with van der Waals surface area (Å²) in [5.41, 5.74) is 2.41. The van der Waals surface area contributed by atoms with Gasteiger partial charge in [-0.05, 0) is 37.3 Å². The number of aromatic nitrogens is 3. The maximum atomic E-state index is 12.5. The van der Waals surface area contributed by atoms with Crippen LogP contribution in [0.5, 0.6) is 11.5 Å². The van der Waals surface area contributed by atoms with Gasteiger partial charge in [0.1, 0.15) is 17.3 Å². The molecule has 0 aliphatic heterocycles. The number of carbonyl (C=O) groups excluding carboxylic acids is 1. The molecule has 31 heavy (non-hydrogen) atoms. The van der Waals surface area contributed by atoms with Crippen molar-refractivity contribution in [1.82, 2.24) is 14.4 Å². The van der Waals surface area contributed by atoms with Gasteiger partial charge in [0.25, 0.3) is 5.56 Å². The van der Waals surface area contributed by atoms with Crippen molar-refractivity contribution in [3.8, 4) is 22.1 Å². The summed E-state index contributed by atoms with van der Waals surface area (Å²) in [6.07, 6.45) is 0. The van der Waals surface area contributed by atoms with E-state index in [1.54, 1.807) is 37.8 Å². The third kappa shape index (κ3) is 4.13. The van der Waals surface area contributed by atoms with Crippen LogP contribution in [-0.2, 0) is 11.3 Å². The number of hydrogen-bond donors (Lipinski definition) is 0. The van der Waals surface area contributed by atoms with Gasteiger partial charge in [-0.2, -0.15) is 0 Å². The molecule has 0 radical (unpaired) electrons. The van der Waals surface area contributed by atoms with Gasteiger partial charge in [0.15, 0.2) is 17.2 Å². The Morgan fingerprint density at radius 3 is 2.65 bits per heavy atom. The molecule has 4 rings (SSSR count). The molecule has 0 saturated carbocycles. The zero-order valence-corrected chi connectivity index (χ0v) is 17.9. The average Bonchev–Trinajstić information content (AvgIpc) is 3.27. The highest BCUT2D eigenvalue weighted by Crippen LogP contribution is 2.33. The molecule has 0 fully saturated rings. The van der Waals surface area contributed by atoms with Gasteiger partial charge in [-0.1, -0.05) is 6.07 Å². The van der Waals surface area contributed by atoms with Crippen molar-refractivity contribution in [3.63, 3.8) is 0 Å². The Balaban J connectivity index is 1.50. The van der Waals surface area contributed by atoms with Crippen molar-refractivity contribution in [2.24, 2.45) is 0 Å². The third-order valence-electron chi connectivity index (χ3n) is 4.63. The Morgan fingerprint density at radius 2 is 1.87 bits per heavy atom. The van der Waals surface area contributed by atoms with Crippen molar-refractivity contribution < 1.29 is 19.0 Å². The highest BCUT2D eigenvalue weighted by molar-refractivity contribution is 7.13. The number of fused-ring (bicyclic) bond motifs is 1. The normalized spacial score (nSPS) is 10.8. The number of aryl methyl sites for hydroxylation is 1. The van der Waals surface area contributed by atoms with E-state index in [0.717, 1.165) is 11.3 Å². The molecule has 4 aromatic rings.